The molecule has 4 heteroatoms. The van der Waals surface area contributed by atoms with Crippen LogP contribution in [-0.2, 0) is 0 Å². The molecule has 0 aliphatic rings. The van der Waals surface area contributed by atoms with Crippen LogP contribution in [0.3, 0.4) is 0 Å². The van der Waals surface area contributed by atoms with Crippen LogP contribution < -0.4 is 0 Å². The van der Waals surface area contributed by atoms with Gasteiger partial charge in [0.25, 0.3) is 0 Å². The minimum Gasteiger partial charge on any atom is -0.294 e. The first-order chi connectivity index (χ1) is 7.19. The summed E-state index contributed by atoms with van der Waals surface area (Å²) in [5.74, 6) is 0. The first-order valence-electron chi connectivity index (χ1n) is 5.73. The van der Waals surface area contributed by atoms with E-state index in [9.17, 15) is 0 Å². The van der Waals surface area contributed by atoms with Gasteiger partial charge in [0.1, 0.15) is 10.0 Å². The molecule has 0 saturated carbocycles. The maximum absolute atomic E-state index is 4.22. The van der Waals surface area contributed by atoms with Gasteiger partial charge in [0.05, 0.1) is 6.04 Å². The molecule has 1 aromatic rings. The van der Waals surface area contributed by atoms with Crippen molar-refractivity contribution in [2.75, 3.05) is 13.1 Å². The van der Waals surface area contributed by atoms with Gasteiger partial charge < -0.3 is 0 Å². The maximum Gasteiger partial charge on any atom is 0.134 e. The smallest absolute Gasteiger partial charge is 0.134 e. The van der Waals surface area contributed by atoms with Crippen molar-refractivity contribution in [2.24, 2.45) is 0 Å². The zero-order valence-corrected chi connectivity index (χ0v) is 11.0. The average molecular weight is 227 g/mol. The van der Waals surface area contributed by atoms with Crippen molar-refractivity contribution in [1.29, 1.82) is 0 Å². The van der Waals surface area contributed by atoms with E-state index in [1.54, 1.807) is 11.3 Å². The summed E-state index contributed by atoms with van der Waals surface area (Å²) in [6.07, 6.45) is 2.51. The fourth-order valence-electron chi connectivity index (χ4n) is 1.62. The van der Waals surface area contributed by atoms with Crippen LogP contribution in [0.1, 0.15) is 49.7 Å². The molecule has 1 heterocycles. The second-order valence-corrected chi connectivity index (χ2v) is 5.03. The number of aryl methyl sites for hydroxylation is 1. The van der Waals surface area contributed by atoms with Crippen LogP contribution >= 0.6 is 11.3 Å². The molecule has 0 aromatic carbocycles. The van der Waals surface area contributed by atoms with E-state index in [0.29, 0.717) is 6.04 Å². The van der Waals surface area contributed by atoms with Crippen molar-refractivity contribution in [3.63, 3.8) is 0 Å². The quantitative estimate of drug-likeness (QED) is 0.748. The SMILES string of the molecule is CCCCN(CC)C(C)c1nnc(C)s1. The Morgan fingerprint density at radius 1 is 1.33 bits per heavy atom. The maximum atomic E-state index is 4.22. The van der Waals surface area contributed by atoms with Crippen molar-refractivity contribution in [1.82, 2.24) is 15.1 Å². The summed E-state index contributed by atoms with van der Waals surface area (Å²) in [7, 11) is 0. The lowest BCUT2D eigenvalue weighted by Gasteiger charge is -2.25. The number of nitrogens with zero attached hydrogens (tertiary/aromatic N) is 3. The van der Waals surface area contributed by atoms with Crippen LogP contribution in [0, 0.1) is 6.92 Å². The van der Waals surface area contributed by atoms with E-state index in [0.717, 1.165) is 23.1 Å². The summed E-state index contributed by atoms with van der Waals surface area (Å²) in [6.45, 7) is 10.9. The van der Waals surface area contributed by atoms with Crippen LogP contribution in [0.15, 0.2) is 0 Å². The summed E-state index contributed by atoms with van der Waals surface area (Å²) in [4.78, 5) is 2.46. The van der Waals surface area contributed by atoms with Gasteiger partial charge in [0.2, 0.25) is 0 Å². The molecule has 3 nitrogen and oxygen atoms in total. The van der Waals surface area contributed by atoms with Crippen molar-refractivity contribution < 1.29 is 0 Å². The lowest BCUT2D eigenvalue weighted by atomic mass is 10.2. The van der Waals surface area contributed by atoms with Crippen molar-refractivity contribution >= 4 is 11.3 Å². The molecule has 0 saturated heterocycles. The third-order valence-corrected chi connectivity index (χ3v) is 3.66. The molecule has 1 atom stereocenters. The number of rotatable bonds is 6. The van der Waals surface area contributed by atoms with E-state index < -0.39 is 0 Å². The molecule has 0 bridgehead atoms. The van der Waals surface area contributed by atoms with E-state index in [1.165, 1.54) is 12.8 Å². The monoisotopic (exact) mass is 227 g/mol. The Morgan fingerprint density at radius 3 is 2.53 bits per heavy atom. The van der Waals surface area contributed by atoms with Gasteiger partial charge in [0, 0.05) is 0 Å². The lowest BCUT2D eigenvalue weighted by Crippen LogP contribution is -2.27. The lowest BCUT2D eigenvalue weighted by molar-refractivity contribution is 0.217. The van der Waals surface area contributed by atoms with Crippen molar-refractivity contribution in [2.45, 2.75) is 46.6 Å². The topological polar surface area (TPSA) is 29.0 Å². The normalized spacial score (nSPS) is 13.4. The molecule has 0 amide bonds. The van der Waals surface area contributed by atoms with E-state index in [-0.39, 0.29) is 0 Å². The molecule has 15 heavy (non-hydrogen) atoms. The van der Waals surface area contributed by atoms with Gasteiger partial charge in [-0.15, -0.1) is 21.5 Å². The minimum absolute atomic E-state index is 0.410. The fourth-order valence-corrected chi connectivity index (χ4v) is 2.41. The highest BCUT2D eigenvalue weighted by Crippen LogP contribution is 2.23. The van der Waals surface area contributed by atoms with Crippen LogP contribution in [0.2, 0.25) is 0 Å². The van der Waals surface area contributed by atoms with Crippen molar-refractivity contribution in [3.8, 4) is 0 Å². The number of unbranched alkanes of at least 4 members (excludes halogenated alkanes) is 1. The second kappa shape index (κ2) is 6.18. The Labute approximate surface area is 96.5 Å². The molecular weight excluding hydrogens is 206 g/mol. The van der Waals surface area contributed by atoms with Crippen LogP contribution in [0.5, 0.6) is 0 Å². The molecule has 0 fully saturated rings. The van der Waals surface area contributed by atoms with Crippen molar-refractivity contribution in [3.05, 3.63) is 10.0 Å². The molecular formula is C11H21N3S. The number of hydrogen-bond donors (Lipinski definition) is 0. The highest BCUT2D eigenvalue weighted by Gasteiger charge is 2.17. The fraction of sp³-hybridized carbons (Fsp3) is 0.818. The zero-order chi connectivity index (χ0) is 11.3. The zero-order valence-electron chi connectivity index (χ0n) is 10.2. The summed E-state index contributed by atoms with van der Waals surface area (Å²) in [5, 5.41) is 10.5. The van der Waals surface area contributed by atoms with Crippen LogP contribution in [0.4, 0.5) is 0 Å². The average Bonchev–Trinajstić information content (AvgIpc) is 2.65. The predicted molar refractivity (Wildman–Crippen MR) is 65.2 cm³/mol. The molecule has 86 valence electrons. The molecule has 1 rings (SSSR count). The van der Waals surface area contributed by atoms with E-state index in [1.807, 2.05) is 6.92 Å². The predicted octanol–water partition coefficient (Wildman–Crippen LogP) is 3.03. The Morgan fingerprint density at radius 2 is 2.07 bits per heavy atom. The number of hydrogen-bond acceptors (Lipinski definition) is 4. The first kappa shape index (κ1) is 12.6. The highest BCUT2D eigenvalue weighted by atomic mass is 32.1. The minimum atomic E-state index is 0.410. The standard InChI is InChI=1S/C11H21N3S/c1-5-7-8-14(6-2)9(3)11-13-12-10(4)15-11/h9H,5-8H2,1-4H3. The Bertz CT molecular complexity index is 285. The van der Waals surface area contributed by atoms with Crippen LogP contribution in [0.25, 0.3) is 0 Å². The van der Waals surface area contributed by atoms with Gasteiger partial charge in [0.15, 0.2) is 0 Å². The summed E-state index contributed by atoms with van der Waals surface area (Å²) < 4.78 is 0. The van der Waals surface area contributed by atoms with E-state index in [4.69, 9.17) is 0 Å². The molecule has 1 aromatic heterocycles. The largest absolute Gasteiger partial charge is 0.294 e. The molecule has 0 N–H and O–H groups in total. The first-order valence-corrected chi connectivity index (χ1v) is 6.54. The third-order valence-electron chi connectivity index (χ3n) is 2.65. The van der Waals surface area contributed by atoms with Gasteiger partial charge in [-0.05, 0) is 33.4 Å². The van der Waals surface area contributed by atoms with Gasteiger partial charge in [-0.25, -0.2) is 0 Å². The Hall–Kier alpha value is -0.480. The van der Waals surface area contributed by atoms with Gasteiger partial charge in [-0.3, -0.25) is 4.90 Å². The second-order valence-electron chi connectivity index (χ2n) is 3.82. The van der Waals surface area contributed by atoms with Gasteiger partial charge in [-0.2, -0.15) is 0 Å². The summed E-state index contributed by atoms with van der Waals surface area (Å²) in [5.41, 5.74) is 0. The summed E-state index contributed by atoms with van der Waals surface area (Å²) in [6, 6.07) is 0.410. The highest BCUT2D eigenvalue weighted by molar-refractivity contribution is 7.11. The van der Waals surface area contributed by atoms with E-state index >= 15 is 0 Å². The summed E-state index contributed by atoms with van der Waals surface area (Å²) >= 11 is 1.71. The van der Waals surface area contributed by atoms with Gasteiger partial charge >= 0.3 is 0 Å². The molecule has 0 radical (unpaired) electrons. The van der Waals surface area contributed by atoms with E-state index in [2.05, 4.69) is 35.9 Å². The Kier molecular flexibility index (Phi) is 5.19. The Balaban J connectivity index is 2.59. The molecule has 0 aliphatic heterocycles. The molecule has 0 spiro atoms. The van der Waals surface area contributed by atoms with Crippen LogP contribution in [-0.4, -0.2) is 28.2 Å². The number of aromatic nitrogens is 2. The third kappa shape index (κ3) is 3.54. The van der Waals surface area contributed by atoms with Gasteiger partial charge in [-0.1, -0.05) is 20.3 Å². The molecule has 1 unspecified atom stereocenters. The molecule has 0 aliphatic carbocycles.